The third kappa shape index (κ3) is 5.60. The van der Waals surface area contributed by atoms with Crippen molar-refractivity contribution in [3.05, 3.63) is 57.5 Å². The lowest BCUT2D eigenvalue weighted by Crippen LogP contribution is -2.13. The molecule has 0 atom stereocenters. The SMILES string of the molecule is CCOC(=O)c1c(NC(=O)C=Cc2ccc(C(C)C)cc2)sc2c1CCCCCC2. The van der Waals surface area contributed by atoms with E-state index in [4.69, 9.17) is 4.74 Å². The number of benzene rings is 1. The monoisotopic (exact) mass is 425 g/mol. The highest BCUT2D eigenvalue weighted by molar-refractivity contribution is 7.17. The van der Waals surface area contributed by atoms with Crippen LogP contribution in [0.5, 0.6) is 0 Å². The zero-order valence-electron chi connectivity index (χ0n) is 18.1. The van der Waals surface area contributed by atoms with E-state index < -0.39 is 0 Å². The maximum absolute atomic E-state index is 12.7. The van der Waals surface area contributed by atoms with Crippen molar-refractivity contribution in [3.8, 4) is 0 Å². The standard InChI is InChI=1S/C25H31NO3S/c1-4-29-25(28)23-20-9-7-5-6-8-10-21(20)30-24(23)26-22(27)16-13-18-11-14-19(15-12-18)17(2)3/h11-17H,4-10H2,1-3H3,(H,26,27). The third-order valence-corrected chi connectivity index (χ3v) is 6.63. The first-order valence-electron chi connectivity index (χ1n) is 10.9. The van der Waals surface area contributed by atoms with Crippen LogP contribution in [-0.4, -0.2) is 18.5 Å². The number of rotatable bonds is 6. The summed E-state index contributed by atoms with van der Waals surface area (Å²) in [5, 5.41) is 3.56. The molecule has 0 aliphatic heterocycles. The van der Waals surface area contributed by atoms with E-state index in [-0.39, 0.29) is 11.9 Å². The summed E-state index contributed by atoms with van der Waals surface area (Å²) in [6, 6.07) is 8.20. The molecular weight excluding hydrogens is 394 g/mol. The molecule has 1 aromatic carbocycles. The Labute approximate surface area is 183 Å². The second-order valence-corrected chi connectivity index (χ2v) is 9.09. The highest BCUT2D eigenvalue weighted by atomic mass is 32.1. The first kappa shape index (κ1) is 22.3. The number of hydrogen-bond donors (Lipinski definition) is 1. The fourth-order valence-electron chi connectivity index (χ4n) is 3.74. The number of thiophene rings is 1. The Kier molecular flexibility index (Phi) is 7.86. The van der Waals surface area contributed by atoms with Gasteiger partial charge in [0.05, 0.1) is 12.2 Å². The zero-order chi connectivity index (χ0) is 21.5. The molecule has 1 aromatic heterocycles. The van der Waals surface area contributed by atoms with Gasteiger partial charge in [-0.15, -0.1) is 11.3 Å². The van der Waals surface area contributed by atoms with Crippen LogP contribution in [0.3, 0.4) is 0 Å². The third-order valence-electron chi connectivity index (χ3n) is 5.42. The maximum atomic E-state index is 12.7. The predicted molar refractivity (Wildman–Crippen MR) is 124 cm³/mol. The molecule has 0 saturated heterocycles. The fourth-order valence-corrected chi connectivity index (χ4v) is 5.02. The van der Waals surface area contributed by atoms with Crippen LogP contribution < -0.4 is 5.32 Å². The van der Waals surface area contributed by atoms with E-state index >= 15 is 0 Å². The molecular formula is C25H31NO3S. The number of ether oxygens (including phenoxy) is 1. The van der Waals surface area contributed by atoms with Crippen molar-refractivity contribution in [1.29, 1.82) is 0 Å². The molecule has 1 N–H and O–H groups in total. The maximum Gasteiger partial charge on any atom is 0.341 e. The minimum Gasteiger partial charge on any atom is -0.462 e. The molecule has 0 saturated carbocycles. The number of carbonyl (C=O) groups is 2. The first-order valence-corrected chi connectivity index (χ1v) is 11.7. The van der Waals surface area contributed by atoms with E-state index in [0.717, 1.165) is 36.8 Å². The molecule has 3 rings (SSSR count). The Bertz CT molecular complexity index is 909. The molecule has 0 spiro atoms. The number of hydrogen-bond acceptors (Lipinski definition) is 4. The Hall–Kier alpha value is -2.40. The minimum atomic E-state index is -0.334. The van der Waals surface area contributed by atoms with Gasteiger partial charge in [0.25, 0.3) is 0 Å². The van der Waals surface area contributed by atoms with Crippen LogP contribution in [0, 0.1) is 0 Å². The molecule has 2 aromatic rings. The van der Waals surface area contributed by atoms with Crippen molar-refractivity contribution in [2.24, 2.45) is 0 Å². The fraction of sp³-hybridized carbons (Fsp3) is 0.440. The Morgan fingerprint density at radius 2 is 1.80 bits per heavy atom. The van der Waals surface area contributed by atoms with Gasteiger partial charge in [0.15, 0.2) is 0 Å². The molecule has 30 heavy (non-hydrogen) atoms. The summed E-state index contributed by atoms with van der Waals surface area (Å²) in [7, 11) is 0. The summed E-state index contributed by atoms with van der Waals surface area (Å²) in [6.45, 7) is 6.44. The van der Waals surface area contributed by atoms with Crippen molar-refractivity contribution in [3.63, 3.8) is 0 Å². The summed E-state index contributed by atoms with van der Waals surface area (Å²) < 4.78 is 5.30. The number of anilines is 1. The second-order valence-electron chi connectivity index (χ2n) is 7.99. The van der Waals surface area contributed by atoms with Crippen molar-refractivity contribution < 1.29 is 14.3 Å². The van der Waals surface area contributed by atoms with Crippen LogP contribution in [0.1, 0.15) is 84.3 Å². The predicted octanol–water partition coefficient (Wildman–Crippen LogP) is 6.36. The first-order chi connectivity index (χ1) is 14.5. The van der Waals surface area contributed by atoms with Crippen LogP contribution in [0.25, 0.3) is 6.08 Å². The van der Waals surface area contributed by atoms with Crippen LogP contribution in [0.2, 0.25) is 0 Å². The minimum absolute atomic E-state index is 0.234. The van der Waals surface area contributed by atoms with Crippen LogP contribution in [0.4, 0.5) is 5.00 Å². The van der Waals surface area contributed by atoms with Crippen LogP contribution in [-0.2, 0) is 22.4 Å². The highest BCUT2D eigenvalue weighted by Crippen LogP contribution is 2.37. The van der Waals surface area contributed by atoms with Gasteiger partial charge in [0, 0.05) is 11.0 Å². The van der Waals surface area contributed by atoms with Gasteiger partial charge in [-0.1, -0.05) is 51.0 Å². The van der Waals surface area contributed by atoms with Crippen LogP contribution >= 0.6 is 11.3 Å². The van der Waals surface area contributed by atoms with Gasteiger partial charge in [-0.25, -0.2) is 4.79 Å². The van der Waals surface area contributed by atoms with Crippen LogP contribution in [0.15, 0.2) is 30.3 Å². The average molecular weight is 426 g/mol. The van der Waals surface area contributed by atoms with Gasteiger partial charge < -0.3 is 10.1 Å². The van der Waals surface area contributed by atoms with E-state index in [1.165, 1.54) is 40.7 Å². The zero-order valence-corrected chi connectivity index (χ0v) is 18.9. The molecule has 0 fully saturated rings. The summed E-state index contributed by atoms with van der Waals surface area (Å²) in [5.74, 6) is -0.0901. The quantitative estimate of drug-likeness (QED) is 0.433. The molecule has 1 heterocycles. The normalized spacial score (nSPS) is 14.3. The van der Waals surface area contributed by atoms with Crippen molar-refractivity contribution in [1.82, 2.24) is 0 Å². The highest BCUT2D eigenvalue weighted by Gasteiger charge is 2.25. The molecule has 160 valence electrons. The largest absolute Gasteiger partial charge is 0.462 e. The van der Waals surface area contributed by atoms with Crippen molar-refractivity contribution in [2.45, 2.75) is 65.2 Å². The van der Waals surface area contributed by atoms with Crippen molar-refractivity contribution >= 4 is 34.3 Å². The molecule has 0 radical (unpaired) electrons. The molecule has 4 nitrogen and oxygen atoms in total. The topological polar surface area (TPSA) is 55.4 Å². The van der Waals surface area contributed by atoms with Gasteiger partial charge in [-0.05, 0) is 61.3 Å². The second kappa shape index (κ2) is 10.6. The smallest absolute Gasteiger partial charge is 0.341 e. The number of aryl methyl sites for hydroxylation is 1. The Morgan fingerprint density at radius 3 is 2.47 bits per heavy atom. The van der Waals surface area contributed by atoms with Gasteiger partial charge in [0.1, 0.15) is 5.00 Å². The number of fused-ring (bicyclic) bond motifs is 1. The van der Waals surface area contributed by atoms with Gasteiger partial charge in [0.2, 0.25) is 5.91 Å². The van der Waals surface area contributed by atoms with E-state index in [1.807, 2.05) is 12.1 Å². The van der Waals surface area contributed by atoms with Crippen molar-refractivity contribution in [2.75, 3.05) is 11.9 Å². The lowest BCUT2D eigenvalue weighted by Gasteiger charge is -2.11. The van der Waals surface area contributed by atoms with E-state index in [2.05, 4.69) is 31.3 Å². The van der Waals surface area contributed by atoms with E-state index in [1.54, 1.807) is 13.0 Å². The Balaban J connectivity index is 1.79. The number of amides is 1. The number of esters is 1. The molecule has 5 heteroatoms. The van der Waals surface area contributed by atoms with E-state index in [9.17, 15) is 9.59 Å². The molecule has 0 bridgehead atoms. The molecule has 1 aliphatic rings. The Morgan fingerprint density at radius 1 is 1.10 bits per heavy atom. The lowest BCUT2D eigenvalue weighted by atomic mass is 9.96. The number of carbonyl (C=O) groups excluding carboxylic acids is 2. The summed E-state index contributed by atoms with van der Waals surface area (Å²) >= 11 is 1.53. The summed E-state index contributed by atoms with van der Waals surface area (Å²) in [6.07, 6.45) is 9.73. The van der Waals surface area contributed by atoms with Gasteiger partial charge in [-0.3, -0.25) is 4.79 Å². The molecule has 1 aliphatic carbocycles. The lowest BCUT2D eigenvalue weighted by molar-refractivity contribution is -0.111. The molecule has 1 amide bonds. The van der Waals surface area contributed by atoms with Gasteiger partial charge >= 0.3 is 5.97 Å². The summed E-state index contributed by atoms with van der Waals surface area (Å²) in [4.78, 5) is 26.5. The molecule has 0 unspecified atom stereocenters. The average Bonchev–Trinajstić information content (AvgIpc) is 3.03. The van der Waals surface area contributed by atoms with Gasteiger partial charge in [-0.2, -0.15) is 0 Å². The number of nitrogens with one attached hydrogen (secondary N) is 1. The summed E-state index contributed by atoms with van der Waals surface area (Å²) in [5.41, 5.74) is 3.87. The van der Waals surface area contributed by atoms with E-state index in [0.29, 0.717) is 23.1 Å².